The van der Waals surface area contributed by atoms with Crippen LogP contribution in [-0.2, 0) is 12.0 Å². The molecular weight excluding hydrogens is 262 g/mol. The SMILES string of the molecule is COc1cccc(F)c1C(C)(O)Cc1ccc(F)cc1. The molecule has 0 aliphatic carbocycles. The summed E-state index contributed by atoms with van der Waals surface area (Å²) in [7, 11) is 1.42. The number of halogens is 2. The molecule has 0 heterocycles. The summed E-state index contributed by atoms with van der Waals surface area (Å²) in [5.41, 5.74) is -0.636. The molecule has 1 N–H and O–H groups in total. The Kier molecular flexibility index (Phi) is 4.04. The zero-order valence-corrected chi connectivity index (χ0v) is 11.4. The Morgan fingerprint density at radius 1 is 1.10 bits per heavy atom. The van der Waals surface area contributed by atoms with Crippen molar-refractivity contribution in [3.8, 4) is 5.75 Å². The Balaban J connectivity index is 2.37. The van der Waals surface area contributed by atoms with Gasteiger partial charge in [-0.2, -0.15) is 0 Å². The summed E-state index contributed by atoms with van der Waals surface area (Å²) in [6.45, 7) is 1.51. The highest BCUT2D eigenvalue weighted by Gasteiger charge is 2.30. The number of hydrogen-bond donors (Lipinski definition) is 1. The maximum Gasteiger partial charge on any atom is 0.133 e. The fourth-order valence-corrected chi connectivity index (χ4v) is 2.29. The number of benzene rings is 2. The lowest BCUT2D eigenvalue weighted by atomic mass is 9.88. The molecule has 20 heavy (non-hydrogen) atoms. The number of rotatable bonds is 4. The zero-order chi connectivity index (χ0) is 14.8. The molecule has 0 amide bonds. The molecule has 0 aliphatic rings. The monoisotopic (exact) mass is 278 g/mol. The van der Waals surface area contributed by atoms with Gasteiger partial charge >= 0.3 is 0 Å². The molecule has 4 heteroatoms. The third-order valence-electron chi connectivity index (χ3n) is 3.20. The quantitative estimate of drug-likeness (QED) is 0.928. The van der Waals surface area contributed by atoms with Crippen LogP contribution < -0.4 is 4.74 Å². The highest BCUT2D eigenvalue weighted by molar-refractivity contribution is 5.40. The molecule has 0 radical (unpaired) electrons. The van der Waals surface area contributed by atoms with Gasteiger partial charge in [0.2, 0.25) is 0 Å². The minimum Gasteiger partial charge on any atom is -0.496 e. The van der Waals surface area contributed by atoms with Gasteiger partial charge in [-0.3, -0.25) is 0 Å². The molecule has 0 saturated heterocycles. The van der Waals surface area contributed by atoms with Crippen LogP contribution in [0.1, 0.15) is 18.1 Å². The third-order valence-corrected chi connectivity index (χ3v) is 3.20. The summed E-state index contributed by atoms with van der Waals surface area (Å²) < 4.78 is 32.0. The summed E-state index contributed by atoms with van der Waals surface area (Å²) >= 11 is 0. The molecule has 0 bridgehead atoms. The average molecular weight is 278 g/mol. The summed E-state index contributed by atoms with van der Waals surface area (Å²) in [6.07, 6.45) is 0.157. The van der Waals surface area contributed by atoms with Gasteiger partial charge in [0.05, 0.1) is 18.3 Å². The molecule has 0 spiro atoms. The Hall–Kier alpha value is -1.94. The third kappa shape index (κ3) is 2.96. The Bertz CT molecular complexity index is 592. The molecule has 2 rings (SSSR count). The van der Waals surface area contributed by atoms with Crippen molar-refractivity contribution in [3.63, 3.8) is 0 Å². The molecule has 1 unspecified atom stereocenters. The van der Waals surface area contributed by atoms with Crippen molar-refractivity contribution in [1.29, 1.82) is 0 Å². The van der Waals surface area contributed by atoms with Crippen LogP contribution in [0.25, 0.3) is 0 Å². The number of aliphatic hydroxyl groups is 1. The minimum atomic E-state index is -1.45. The maximum atomic E-state index is 14.0. The smallest absolute Gasteiger partial charge is 0.133 e. The van der Waals surface area contributed by atoms with E-state index in [4.69, 9.17) is 4.74 Å². The normalized spacial score (nSPS) is 13.8. The largest absolute Gasteiger partial charge is 0.496 e. The first kappa shape index (κ1) is 14.5. The van der Waals surface area contributed by atoms with Crippen molar-refractivity contribution in [2.75, 3.05) is 7.11 Å². The molecule has 106 valence electrons. The second-order valence-corrected chi connectivity index (χ2v) is 4.89. The van der Waals surface area contributed by atoms with Gasteiger partial charge in [-0.15, -0.1) is 0 Å². The lowest BCUT2D eigenvalue weighted by Crippen LogP contribution is -2.26. The second-order valence-electron chi connectivity index (χ2n) is 4.89. The van der Waals surface area contributed by atoms with Gasteiger partial charge in [0.15, 0.2) is 0 Å². The lowest BCUT2D eigenvalue weighted by molar-refractivity contribution is 0.0510. The minimum absolute atomic E-state index is 0.104. The van der Waals surface area contributed by atoms with Crippen molar-refractivity contribution in [1.82, 2.24) is 0 Å². The van der Waals surface area contributed by atoms with Crippen LogP contribution in [0.2, 0.25) is 0 Å². The molecule has 1 atom stereocenters. The van der Waals surface area contributed by atoms with E-state index in [-0.39, 0.29) is 23.6 Å². The van der Waals surface area contributed by atoms with Crippen LogP contribution >= 0.6 is 0 Å². The fraction of sp³-hybridized carbons (Fsp3) is 0.250. The van der Waals surface area contributed by atoms with Gasteiger partial charge in [0, 0.05) is 6.42 Å². The van der Waals surface area contributed by atoms with Crippen molar-refractivity contribution >= 4 is 0 Å². The van der Waals surface area contributed by atoms with E-state index in [1.54, 1.807) is 18.2 Å². The molecular formula is C16H16F2O2. The van der Waals surface area contributed by atoms with E-state index in [0.29, 0.717) is 5.56 Å². The van der Waals surface area contributed by atoms with Crippen LogP contribution in [0.5, 0.6) is 5.75 Å². The van der Waals surface area contributed by atoms with E-state index in [9.17, 15) is 13.9 Å². The number of hydrogen-bond acceptors (Lipinski definition) is 2. The standard InChI is InChI=1S/C16H16F2O2/c1-16(19,10-11-6-8-12(17)9-7-11)15-13(18)4-3-5-14(15)20-2/h3-9,19H,10H2,1-2H3. The second kappa shape index (κ2) is 5.59. The first-order chi connectivity index (χ1) is 9.44. The lowest BCUT2D eigenvalue weighted by Gasteiger charge is -2.26. The topological polar surface area (TPSA) is 29.5 Å². The van der Waals surface area contributed by atoms with E-state index in [2.05, 4.69) is 0 Å². The number of ether oxygens (including phenoxy) is 1. The van der Waals surface area contributed by atoms with Crippen molar-refractivity contribution in [3.05, 3.63) is 65.2 Å². The molecule has 0 aliphatic heterocycles. The summed E-state index contributed by atoms with van der Waals surface area (Å²) in [5.74, 6) is -0.592. The van der Waals surface area contributed by atoms with Crippen LogP contribution in [-0.4, -0.2) is 12.2 Å². The van der Waals surface area contributed by atoms with Crippen LogP contribution in [0.3, 0.4) is 0 Å². The summed E-state index contributed by atoms with van der Waals surface area (Å²) in [4.78, 5) is 0. The van der Waals surface area contributed by atoms with E-state index in [1.165, 1.54) is 38.3 Å². The van der Waals surface area contributed by atoms with E-state index in [0.717, 1.165) is 0 Å². The Labute approximate surface area is 116 Å². The van der Waals surface area contributed by atoms with Crippen molar-refractivity contribution in [2.45, 2.75) is 18.9 Å². The first-order valence-electron chi connectivity index (χ1n) is 6.24. The van der Waals surface area contributed by atoms with E-state index in [1.807, 2.05) is 0 Å². The zero-order valence-electron chi connectivity index (χ0n) is 11.4. The van der Waals surface area contributed by atoms with Crippen LogP contribution in [0.15, 0.2) is 42.5 Å². The molecule has 0 aromatic heterocycles. The van der Waals surface area contributed by atoms with Gasteiger partial charge in [0.1, 0.15) is 17.4 Å². The van der Waals surface area contributed by atoms with Gasteiger partial charge in [-0.25, -0.2) is 8.78 Å². The first-order valence-corrected chi connectivity index (χ1v) is 6.24. The van der Waals surface area contributed by atoms with Gasteiger partial charge in [-0.1, -0.05) is 18.2 Å². The van der Waals surface area contributed by atoms with Crippen molar-refractivity contribution in [2.24, 2.45) is 0 Å². The molecule has 0 saturated carbocycles. The number of methoxy groups -OCH3 is 1. The fourth-order valence-electron chi connectivity index (χ4n) is 2.29. The van der Waals surface area contributed by atoms with Crippen LogP contribution in [0, 0.1) is 11.6 Å². The van der Waals surface area contributed by atoms with Crippen LogP contribution in [0.4, 0.5) is 8.78 Å². The highest BCUT2D eigenvalue weighted by Crippen LogP contribution is 2.34. The highest BCUT2D eigenvalue weighted by atomic mass is 19.1. The van der Waals surface area contributed by atoms with Crippen molar-refractivity contribution < 1.29 is 18.6 Å². The van der Waals surface area contributed by atoms with Gasteiger partial charge in [-0.05, 0) is 36.8 Å². The van der Waals surface area contributed by atoms with Gasteiger partial charge < -0.3 is 9.84 Å². The molecule has 2 aromatic rings. The van der Waals surface area contributed by atoms with E-state index >= 15 is 0 Å². The average Bonchev–Trinajstić information content (AvgIpc) is 2.40. The Morgan fingerprint density at radius 2 is 1.75 bits per heavy atom. The van der Waals surface area contributed by atoms with Gasteiger partial charge in [0.25, 0.3) is 0 Å². The maximum absolute atomic E-state index is 14.0. The predicted molar refractivity (Wildman–Crippen MR) is 72.6 cm³/mol. The van der Waals surface area contributed by atoms with E-state index < -0.39 is 11.4 Å². The molecule has 2 nitrogen and oxygen atoms in total. The molecule has 2 aromatic carbocycles. The molecule has 0 fully saturated rings. The summed E-state index contributed by atoms with van der Waals surface area (Å²) in [5, 5.41) is 10.6. The predicted octanol–water partition coefficient (Wildman–Crippen LogP) is 3.42. The Morgan fingerprint density at radius 3 is 2.35 bits per heavy atom. The summed E-state index contributed by atoms with van der Waals surface area (Å²) in [6, 6.07) is 10.1.